The van der Waals surface area contributed by atoms with Crippen molar-refractivity contribution in [1.82, 2.24) is 9.38 Å². The monoisotopic (exact) mass is 346 g/mol. The number of hydrogen-bond acceptors (Lipinski definition) is 5. The van der Waals surface area contributed by atoms with Gasteiger partial charge in [0.25, 0.3) is 0 Å². The van der Waals surface area contributed by atoms with E-state index in [1.807, 2.05) is 29.7 Å². The van der Waals surface area contributed by atoms with Crippen molar-refractivity contribution in [2.75, 3.05) is 26.4 Å². The summed E-state index contributed by atoms with van der Waals surface area (Å²) in [5.41, 5.74) is 2.05. The van der Waals surface area contributed by atoms with Gasteiger partial charge in [-0.05, 0) is 44.2 Å². The molecule has 3 rings (SSSR count). The van der Waals surface area contributed by atoms with Crippen molar-refractivity contribution in [3.63, 3.8) is 0 Å². The van der Waals surface area contributed by atoms with Crippen LogP contribution in [0.5, 0.6) is 5.75 Å². The van der Waals surface area contributed by atoms with Crippen molar-refractivity contribution in [3.05, 3.63) is 29.7 Å². The second kappa shape index (κ2) is 8.45. The Morgan fingerprint density at radius 1 is 1.40 bits per heavy atom. The highest BCUT2D eigenvalue weighted by Crippen LogP contribution is 2.29. The van der Waals surface area contributed by atoms with E-state index in [0.29, 0.717) is 43.3 Å². The molecule has 2 aromatic rings. The highest BCUT2D eigenvalue weighted by molar-refractivity contribution is 5.96. The Morgan fingerprint density at radius 3 is 2.96 bits per heavy atom. The first kappa shape index (κ1) is 17.9. The maximum atomic E-state index is 12.6. The van der Waals surface area contributed by atoms with Gasteiger partial charge in [-0.1, -0.05) is 6.42 Å². The lowest BCUT2D eigenvalue weighted by Gasteiger charge is -2.25. The largest absolute Gasteiger partial charge is 0.489 e. The van der Waals surface area contributed by atoms with E-state index in [0.717, 1.165) is 18.1 Å². The van der Waals surface area contributed by atoms with Crippen molar-refractivity contribution < 1.29 is 19.4 Å². The highest BCUT2D eigenvalue weighted by atomic mass is 16.5. The first-order valence-electron chi connectivity index (χ1n) is 9.03. The quantitative estimate of drug-likeness (QED) is 0.529. The SMILES string of the molecule is Cc1nc2c(OCC3CCC3)cccn2c1C(=O)CCCOCCO. The third-order valence-corrected chi connectivity index (χ3v) is 4.68. The van der Waals surface area contributed by atoms with Crippen LogP contribution in [0.15, 0.2) is 18.3 Å². The number of ketones is 1. The Hall–Kier alpha value is -1.92. The molecule has 2 aromatic heterocycles. The molecule has 0 bridgehead atoms. The molecular formula is C19H26N2O4. The molecule has 0 aromatic carbocycles. The molecule has 25 heavy (non-hydrogen) atoms. The molecule has 136 valence electrons. The van der Waals surface area contributed by atoms with E-state index >= 15 is 0 Å². The molecule has 1 N–H and O–H groups in total. The molecule has 0 unspecified atom stereocenters. The Morgan fingerprint density at radius 2 is 2.24 bits per heavy atom. The number of aliphatic hydroxyl groups is 1. The molecule has 0 spiro atoms. The van der Waals surface area contributed by atoms with Gasteiger partial charge in [0.2, 0.25) is 0 Å². The van der Waals surface area contributed by atoms with E-state index in [1.54, 1.807) is 0 Å². The molecule has 6 nitrogen and oxygen atoms in total. The molecule has 1 saturated carbocycles. The molecule has 0 radical (unpaired) electrons. The Bertz CT molecular complexity index is 722. The second-order valence-electron chi connectivity index (χ2n) is 6.58. The molecule has 0 atom stereocenters. The van der Waals surface area contributed by atoms with Crippen molar-refractivity contribution >= 4 is 11.4 Å². The number of ether oxygens (including phenoxy) is 2. The molecule has 1 aliphatic carbocycles. The zero-order chi connectivity index (χ0) is 17.6. The van der Waals surface area contributed by atoms with Gasteiger partial charge in [0, 0.05) is 19.2 Å². The van der Waals surface area contributed by atoms with Gasteiger partial charge in [0.05, 0.1) is 25.5 Å². The zero-order valence-electron chi connectivity index (χ0n) is 14.7. The number of carbonyl (C=O) groups excluding carboxylic acids is 1. The Kier molecular flexibility index (Phi) is 6.04. The van der Waals surface area contributed by atoms with E-state index in [4.69, 9.17) is 14.6 Å². The number of aromatic nitrogens is 2. The van der Waals surface area contributed by atoms with E-state index in [9.17, 15) is 4.79 Å². The summed E-state index contributed by atoms with van der Waals surface area (Å²) in [7, 11) is 0. The smallest absolute Gasteiger partial charge is 0.181 e. The van der Waals surface area contributed by atoms with Gasteiger partial charge in [-0.25, -0.2) is 4.98 Å². The molecule has 6 heteroatoms. The van der Waals surface area contributed by atoms with E-state index in [2.05, 4.69) is 4.98 Å². The summed E-state index contributed by atoms with van der Waals surface area (Å²) in [6.07, 6.45) is 6.65. The third kappa shape index (κ3) is 4.19. The number of carbonyl (C=O) groups is 1. The van der Waals surface area contributed by atoms with Crippen LogP contribution in [0.2, 0.25) is 0 Å². The van der Waals surface area contributed by atoms with E-state index in [1.165, 1.54) is 19.3 Å². The Balaban J connectivity index is 1.69. The van der Waals surface area contributed by atoms with Crippen LogP contribution in [0.4, 0.5) is 0 Å². The second-order valence-corrected chi connectivity index (χ2v) is 6.58. The predicted molar refractivity (Wildman–Crippen MR) is 94.2 cm³/mol. The summed E-state index contributed by atoms with van der Waals surface area (Å²) in [4.78, 5) is 17.2. The van der Waals surface area contributed by atoms with E-state index < -0.39 is 0 Å². The lowest BCUT2D eigenvalue weighted by atomic mass is 9.86. The number of aryl methyl sites for hydroxylation is 1. The van der Waals surface area contributed by atoms with Crippen LogP contribution >= 0.6 is 0 Å². The molecular weight excluding hydrogens is 320 g/mol. The minimum Gasteiger partial charge on any atom is -0.489 e. The van der Waals surface area contributed by atoms with Gasteiger partial charge >= 0.3 is 0 Å². The van der Waals surface area contributed by atoms with Crippen LogP contribution in [0.3, 0.4) is 0 Å². The van der Waals surface area contributed by atoms with Crippen molar-refractivity contribution in [1.29, 1.82) is 0 Å². The van der Waals surface area contributed by atoms with Gasteiger partial charge in [-0.2, -0.15) is 0 Å². The molecule has 0 aliphatic heterocycles. The van der Waals surface area contributed by atoms with Crippen molar-refractivity contribution in [2.24, 2.45) is 5.92 Å². The Labute approximate surface area is 147 Å². The summed E-state index contributed by atoms with van der Waals surface area (Å²) in [5, 5.41) is 8.69. The summed E-state index contributed by atoms with van der Waals surface area (Å²) < 4.78 is 13.0. The van der Waals surface area contributed by atoms with Crippen molar-refractivity contribution in [2.45, 2.75) is 39.0 Å². The minimum absolute atomic E-state index is 0.00392. The summed E-state index contributed by atoms with van der Waals surface area (Å²) in [5.74, 6) is 1.44. The standard InChI is InChI=1S/C19H26N2O4/c1-14-18(16(23)7-4-11-24-12-10-22)21-9-3-8-17(19(21)20-14)25-13-15-5-2-6-15/h3,8-9,15,22H,2,4-7,10-13H2,1H3. The van der Waals surface area contributed by atoms with Crippen LogP contribution in [-0.2, 0) is 4.74 Å². The van der Waals surface area contributed by atoms with Gasteiger partial charge in [-0.3, -0.25) is 9.20 Å². The van der Waals surface area contributed by atoms with Gasteiger partial charge in [-0.15, -0.1) is 0 Å². The fourth-order valence-electron chi connectivity index (χ4n) is 3.09. The maximum Gasteiger partial charge on any atom is 0.181 e. The maximum absolute atomic E-state index is 12.6. The first-order valence-corrected chi connectivity index (χ1v) is 9.03. The van der Waals surface area contributed by atoms with Crippen LogP contribution in [0, 0.1) is 12.8 Å². The number of Topliss-reactive ketones (excluding diaryl/α,β-unsaturated/α-hetero) is 1. The predicted octanol–water partition coefficient (Wildman–Crippen LogP) is 2.79. The molecule has 0 saturated heterocycles. The number of pyridine rings is 1. The van der Waals surface area contributed by atoms with Crippen molar-refractivity contribution in [3.8, 4) is 5.75 Å². The fraction of sp³-hybridized carbons (Fsp3) is 0.579. The summed E-state index contributed by atoms with van der Waals surface area (Å²) >= 11 is 0. The first-order chi connectivity index (χ1) is 12.2. The third-order valence-electron chi connectivity index (χ3n) is 4.68. The lowest BCUT2D eigenvalue weighted by Crippen LogP contribution is -2.19. The van der Waals surface area contributed by atoms with E-state index in [-0.39, 0.29) is 12.4 Å². The van der Waals surface area contributed by atoms with Gasteiger partial charge < -0.3 is 14.6 Å². The number of nitrogens with zero attached hydrogens (tertiary/aromatic N) is 2. The van der Waals surface area contributed by atoms with Gasteiger partial charge in [0.15, 0.2) is 17.2 Å². The molecule has 2 heterocycles. The van der Waals surface area contributed by atoms with Gasteiger partial charge in [0.1, 0.15) is 5.69 Å². The summed E-state index contributed by atoms with van der Waals surface area (Å²) in [6, 6.07) is 3.81. The van der Waals surface area contributed by atoms with Crippen LogP contribution in [-0.4, -0.2) is 46.7 Å². The van der Waals surface area contributed by atoms with Crippen LogP contribution in [0.1, 0.15) is 48.3 Å². The average molecular weight is 346 g/mol. The number of hydrogen-bond donors (Lipinski definition) is 1. The number of aliphatic hydroxyl groups excluding tert-OH is 1. The molecule has 0 amide bonds. The lowest BCUT2D eigenvalue weighted by molar-refractivity contribution is 0.0829. The highest BCUT2D eigenvalue weighted by Gasteiger charge is 2.21. The van der Waals surface area contributed by atoms with Crippen LogP contribution < -0.4 is 4.74 Å². The summed E-state index contributed by atoms with van der Waals surface area (Å²) in [6.45, 7) is 3.36. The topological polar surface area (TPSA) is 73.1 Å². The minimum atomic E-state index is 0.00392. The fourth-order valence-corrected chi connectivity index (χ4v) is 3.09. The molecule has 1 fully saturated rings. The molecule has 1 aliphatic rings. The average Bonchev–Trinajstić information content (AvgIpc) is 2.90. The number of imidazole rings is 1. The normalized spacial score (nSPS) is 14.6. The number of fused-ring (bicyclic) bond motifs is 1. The van der Waals surface area contributed by atoms with Crippen LogP contribution in [0.25, 0.3) is 5.65 Å². The zero-order valence-corrected chi connectivity index (χ0v) is 14.7. The number of rotatable bonds is 10.